The molecule has 6 nitrogen and oxygen atoms in total. The maximum atomic E-state index is 13.3. The lowest BCUT2D eigenvalue weighted by Gasteiger charge is -2.32. The molecule has 1 N–H and O–H groups in total. The summed E-state index contributed by atoms with van der Waals surface area (Å²) in [6.07, 6.45) is 3.62. The van der Waals surface area contributed by atoms with Gasteiger partial charge in [-0.1, -0.05) is 0 Å². The number of rotatable bonds is 7. The molecule has 3 aromatic rings. The number of hydrogen-bond acceptors (Lipinski definition) is 5. The van der Waals surface area contributed by atoms with Crippen LogP contribution in [0.5, 0.6) is 11.5 Å². The van der Waals surface area contributed by atoms with E-state index in [1.165, 1.54) is 12.1 Å². The number of methoxy groups -OCH3 is 2. The van der Waals surface area contributed by atoms with E-state index < -0.39 is 0 Å². The highest BCUT2D eigenvalue weighted by atomic mass is 19.1. The molecule has 0 amide bonds. The second-order valence-electron chi connectivity index (χ2n) is 7.79. The Bertz CT molecular complexity index is 1050. The summed E-state index contributed by atoms with van der Waals surface area (Å²) in [5, 5.41) is 7.21. The number of halogens is 1. The van der Waals surface area contributed by atoms with E-state index in [9.17, 15) is 9.18 Å². The van der Waals surface area contributed by atoms with Gasteiger partial charge in [-0.15, -0.1) is 0 Å². The number of Topliss-reactive ketones (excluding diaryl/α,β-unsaturated/α-hetero) is 1. The van der Waals surface area contributed by atoms with Crippen LogP contribution in [0.4, 0.5) is 4.39 Å². The van der Waals surface area contributed by atoms with Crippen LogP contribution in [0.1, 0.15) is 28.8 Å². The quantitative estimate of drug-likeness (QED) is 0.573. The average Bonchev–Trinajstić information content (AvgIpc) is 3.26. The van der Waals surface area contributed by atoms with E-state index in [1.807, 2.05) is 0 Å². The van der Waals surface area contributed by atoms with Crippen LogP contribution in [-0.2, 0) is 6.54 Å². The summed E-state index contributed by atoms with van der Waals surface area (Å²) in [6, 6.07) is 11.7. The molecule has 2 heterocycles. The number of carbonyl (C=O) groups is 1. The molecule has 1 aromatic heterocycles. The number of nitrogens with one attached hydrogen (secondary N) is 1. The van der Waals surface area contributed by atoms with E-state index in [1.54, 1.807) is 50.7 Å². The fourth-order valence-corrected chi connectivity index (χ4v) is 4.18. The number of benzene rings is 2. The fourth-order valence-electron chi connectivity index (χ4n) is 4.18. The lowest BCUT2D eigenvalue weighted by molar-refractivity contribution is 0.0811. The maximum Gasteiger partial charge on any atom is 0.167 e. The first-order valence-corrected chi connectivity index (χ1v) is 10.4. The largest absolute Gasteiger partial charge is 0.493 e. The Balaban J connectivity index is 1.47. The first-order chi connectivity index (χ1) is 15.1. The second-order valence-corrected chi connectivity index (χ2v) is 7.79. The summed E-state index contributed by atoms with van der Waals surface area (Å²) in [7, 11) is 3.15. The molecule has 7 heteroatoms. The molecule has 162 valence electrons. The molecule has 0 radical (unpaired) electrons. The van der Waals surface area contributed by atoms with Crippen LogP contribution in [0.25, 0.3) is 11.3 Å². The third kappa shape index (κ3) is 4.61. The lowest BCUT2D eigenvalue weighted by Crippen LogP contribution is -2.38. The van der Waals surface area contributed by atoms with E-state index in [-0.39, 0.29) is 17.5 Å². The Morgan fingerprint density at radius 3 is 2.68 bits per heavy atom. The van der Waals surface area contributed by atoms with Crippen LogP contribution < -0.4 is 9.47 Å². The Kier molecular flexibility index (Phi) is 6.32. The summed E-state index contributed by atoms with van der Waals surface area (Å²) in [4.78, 5) is 15.4. The number of likely N-dealkylation sites (tertiary alicyclic amines) is 1. The molecule has 1 aliphatic heterocycles. The van der Waals surface area contributed by atoms with Crippen molar-refractivity contribution >= 4 is 5.78 Å². The van der Waals surface area contributed by atoms with E-state index in [0.717, 1.165) is 36.2 Å². The van der Waals surface area contributed by atoms with Crippen LogP contribution in [0.2, 0.25) is 0 Å². The summed E-state index contributed by atoms with van der Waals surface area (Å²) in [5.41, 5.74) is 3.45. The summed E-state index contributed by atoms with van der Waals surface area (Å²) >= 11 is 0. The first kappa shape index (κ1) is 21.1. The maximum absolute atomic E-state index is 13.3. The van der Waals surface area contributed by atoms with E-state index in [2.05, 4.69) is 15.1 Å². The number of carbonyl (C=O) groups excluding carboxylic acids is 1. The van der Waals surface area contributed by atoms with Gasteiger partial charge in [0.1, 0.15) is 5.82 Å². The number of hydrogen-bond donors (Lipinski definition) is 1. The molecule has 0 spiro atoms. The Morgan fingerprint density at radius 1 is 1.16 bits per heavy atom. The van der Waals surface area contributed by atoms with E-state index >= 15 is 0 Å². The number of H-pyrrole nitrogens is 1. The summed E-state index contributed by atoms with van der Waals surface area (Å²) < 4.78 is 23.9. The summed E-state index contributed by atoms with van der Waals surface area (Å²) in [6.45, 7) is 2.28. The van der Waals surface area contributed by atoms with Gasteiger partial charge in [0.05, 0.1) is 26.1 Å². The van der Waals surface area contributed by atoms with E-state index in [0.29, 0.717) is 30.2 Å². The number of aromatic nitrogens is 2. The van der Waals surface area contributed by atoms with Crippen LogP contribution in [0.15, 0.2) is 48.7 Å². The highest BCUT2D eigenvalue weighted by Gasteiger charge is 2.28. The van der Waals surface area contributed by atoms with Crippen LogP contribution >= 0.6 is 0 Å². The zero-order valence-corrected chi connectivity index (χ0v) is 17.7. The molecule has 4 rings (SSSR count). The normalized spacial score (nSPS) is 16.8. The van der Waals surface area contributed by atoms with Gasteiger partial charge in [-0.25, -0.2) is 4.39 Å². The van der Waals surface area contributed by atoms with Crippen LogP contribution in [-0.4, -0.2) is 48.2 Å². The SMILES string of the molecule is COc1ccc(C(=O)[C@H]2CCCN(Cc3cn[nH]c3-c3ccc(F)cc3)C2)cc1OC. The van der Waals surface area contributed by atoms with Gasteiger partial charge in [-0.05, 0) is 61.9 Å². The molecule has 1 atom stereocenters. The minimum Gasteiger partial charge on any atom is -0.493 e. The van der Waals surface area contributed by atoms with Gasteiger partial charge in [-0.2, -0.15) is 5.10 Å². The van der Waals surface area contributed by atoms with Crippen molar-refractivity contribution in [3.63, 3.8) is 0 Å². The molecule has 1 fully saturated rings. The van der Waals surface area contributed by atoms with Crippen molar-refractivity contribution < 1.29 is 18.7 Å². The highest BCUT2D eigenvalue weighted by Crippen LogP contribution is 2.31. The van der Waals surface area contributed by atoms with Crippen LogP contribution in [0.3, 0.4) is 0 Å². The topological polar surface area (TPSA) is 67.5 Å². The van der Waals surface area contributed by atoms with Crippen molar-refractivity contribution in [3.05, 3.63) is 65.6 Å². The average molecular weight is 423 g/mol. The number of ether oxygens (including phenoxy) is 2. The minimum absolute atomic E-state index is 0.0759. The third-order valence-electron chi connectivity index (χ3n) is 5.79. The van der Waals surface area contributed by atoms with Crippen molar-refractivity contribution in [2.75, 3.05) is 27.3 Å². The van der Waals surface area contributed by atoms with Gasteiger partial charge in [0, 0.05) is 35.7 Å². The van der Waals surface area contributed by atoms with Crippen molar-refractivity contribution in [2.24, 2.45) is 5.92 Å². The molecule has 2 aromatic carbocycles. The molecule has 1 aliphatic rings. The summed E-state index contributed by atoms with van der Waals surface area (Å²) in [5.74, 6) is 0.947. The van der Waals surface area contributed by atoms with Gasteiger partial charge in [0.25, 0.3) is 0 Å². The molecular weight excluding hydrogens is 397 g/mol. The van der Waals surface area contributed by atoms with Gasteiger partial charge in [-0.3, -0.25) is 14.8 Å². The van der Waals surface area contributed by atoms with Crippen molar-refractivity contribution in [1.82, 2.24) is 15.1 Å². The smallest absolute Gasteiger partial charge is 0.167 e. The molecule has 0 saturated carbocycles. The predicted molar refractivity (Wildman–Crippen MR) is 116 cm³/mol. The first-order valence-electron chi connectivity index (χ1n) is 10.4. The zero-order chi connectivity index (χ0) is 21.8. The van der Waals surface area contributed by atoms with Gasteiger partial charge in [0.15, 0.2) is 17.3 Å². The van der Waals surface area contributed by atoms with E-state index in [4.69, 9.17) is 9.47 Å². The van der Waals surface area contributed by atoms with Gasteiger partial charge < -0.3 is 9.47 Å². The number of aromatic amines is 1. The molecule has 31 heavy (non-hydrogen) atoms. The molecule has 0 bridgehead atoms. The lowest BCUT2D eigenvalue weighted by atomic mass is 9.89. The van der Waals surface area contributed by atoms with Crippen molar-refractivity contribution in [2.45, 2.75) is 19.4 Å². The van der Waals surface area contributed by atoms with Crippen molar-refractivity contribution in [3.8, 4) is 22.8 Å². The second kappa shape index (κ2) is 9.31. The number of piperidine rings is 1. The number of nitrogens with zero attached hydrogens (tertiary/aromatic N) is 2. The third-order valence-corrected chi connectivity index (χ3v) is 5.79. The zero-order valence-electron chi connectivity index (χ0n) is 17.7. The number of ketones is 1. The molecular formula is C24H26FN3O3. The Labute approximate surface area is 181 Å². The van der Waals surface area contributed by atoms with Gasteiger partial charge >= 0.3 is 0 Å². The van der Waals surface area contributed by atoms with Crippen molar-refractivity contribution in [1.29, 1.82) is 0 Å². The minimum atomic E-state index is -0.266. The molecule has 0 aliphatic carbocycles. The molecule has 1 saturated heterocycles. The van der Waals surface area contributed by atoms with Crippen LogP contribution in [0, 0.1) is 11.7 Å². The van der Waals surface area contributed by atoms with Gasteiger partial charge in [0.2, 0.25) is 0 Å². The Morgan fingerprint density at radius 2 is 1.94 bits per heavy atom. The monoisotopic (exact) mass is 423 g/mol. The standard InChI is InChI=1S/C24H26FN3O3/c1-30-21-10-7-17(12-22(21)31-2)24(29)18-4-3-11-28(14-18)15-19-13-26-27-23(19)16-5-8-20(25)9-6-16/h5-10,12-13,18H,3-4,11,14-15H2,1-2H3,(H,26,27)/t18-/m0/s1. The fraction of sp³-hybridized carbons (Fsp3) is 0.333. The highest BCUT2D eigenvalue weighted by molar-refractivity contribution is 5.98. The Hall–Kier alpha value is -3.19. The predicted octanol–water partition coefficient (Wildman–Crippen LogP) is 4.33. The molecule has 0 unspecified atom stereocenters.